The van der Waals surface area contributed by atoms with Gasteiger partial charge in [-0.05, 0) is 54.6 Å². The zero-order valence-electron chi connectivity index (χ0n) is 14.3. The summed E-state index contributed by atoms with van der Waals surface area (Å²) >= 11 is 11.9. The molecule has 0 aromatic heterocycles. The molecular formula is C21H17Cl2NO3. The summed E-state index contributed by atoms with van der Waals surface area (Å²) in [7, 11) is 0. The lowest BCUT2D eigenvalue weighted by molar-refractivity contribution is 0.102. The molecule has 1 N–H and O–H groups in total. The number of carbonyl (C=O) groups is 1. The molecule has 0 spiro atoms. The van der Waals surface area contributed by atoms with E-state index in [1.807, 2.05) is 30.3 Å². The van der Waals surface area contributed by atoms with E-state index < -0.39 is 0 Å². The van der Waals surface area contributed by atoms with Gasteiger partial charge in [-0.2, -0.15) is 0 Å². The van der Waals surface area contributed by atoms with E-state index in [0.29, 0.717) is 40.3 Å². The normalized spacial score (nSPS) is 10.3. The third-order valence-corrected chi connectivity index (χ3v) is 4.04. The largest absolute Gasteiger partial charge is 0.490 e. The van der Waals surface area contributed by atoms with Crippen molar-refractivity contribution in [1.82, 2.24) is 0 Å². The van der Waals surface area contributed by atoms with E-state index in [1.54, 1.807) is 42.5 Å². The predicted octanol–water partition coefficient (Wildman–Crippen LogP) is 5.70. The summed E-state index contributed by atoms with van der Waals surface area (Å²) in [4.78, 5) is 12.3. The topological polar surface area (TPSA) is 47.6 Å². The molecule has 0 heterocycles. The van der Waals surface area contributed by atoms with Gasteiger partial charge in [0, 0.05) is 21.3 Å². The van der Waals surface area contributed by atoms with Crippen molar-refractivity contribution in [3.05, 3.63) is 88.4 Å². The van der Waals surface area contributed by atoms with E-state index in [1.165, 1.54) is 0 Å². The third-order valence-electron chi connectivity index (χ3n) is 3.60. The molecule has 0 unspecified atom stereocenters. The van der Waals surface area contributed by atoms with E-state index in [0.717, 1.165) is 5.75 Å². The second-order valence-corrected chi connectivity index (χ2v) is 6.52. The smallest absolute Gasteiger partial charge is 0.255 e. The van der Waals surface area contributed by atoms with Crippen LogP contribution in [-0.2, 0) is 0 Å². The third kappa shape index (κ3) is 5.91. The van der Waals surface area contributed by atoms with Crippen molar-refractivity contribution in [3.63, 3.8) is 0 Å². The summed E-state index contributed by atoms with van der Waals surface area (Å²) in [5.41, 5.74) is 1.04. The minimum absolute atomic E-state index is 0.257. The molecule has 6 heteroatoms. The molecule has 0 saturated heterocycles. The first kappa shape index (κ1) is 19.1. The fraction of sp³-hybridized carbons (Fsp3) is 0.0952. The first-order valence-corrected chi connectivity index (χ1v) is 9.04. The number of ether oxygens (including phenoxy) is 2. The number of benzene rings is 3. The summed E-state index contributed by atoms with van der Waals surface area (Å²) in [6.07, 6.45) is 0. The highest BCUT2D eigenvalue weighted by molar-refractivity contribution is 6.35. The highest BCUT2D eigenvalue weighted by atomic mass is 35.5. The maximum Gasteiger partial charge on any atom is 0.255 e. The zero-order valence-corrected chi connectivity index (χ0v) is 15.8. The number of amides is 1. The van der Waals surface area contributed by atoms with E-state index in [-0.39, 0.29) is 5.91 Å². The van der Waals surface area contributed by atoms with Gasteiger partial charge in [0.05, 0.1) is 0 Å². The van der Waals surface area contributed by atoms with Gasteiger partial charge in [-0.3, -0.25) is 4.79 Å². The van der Waals surface area contributed by atoms with Crippen LogP contribution in [0.15, 0.2) is 72.8 Å². The van der Waals surface area contributed by atoms with Crippen molar-refractivity contribution in [3.8, 4) is 11.5 Å². The summed E-state index contributed by atoms with van der Waals surface area (Å²) in [6, 6.07) is 21.3. The zero-order chi connectivity index (χ0) is 19.1. The van der Waals surface area contributed by atoms with Crippen LogP contribution in [-0.4, -0.2) is 19.1 Å². The average molecular weight is 402 g/mol. The number of anilines is 1. The summed E-state index contributed by atoms with van der Waals surface area (Å²) in [5, 5.41) is 3.68. The second-order valence-electron chi connectivity index (χ2n) is 5.65. The molecule has 0 radical (unpaired) electrons. The average Bonchev–Trinajstić information content (AvgIpc) is 2.66. The molecule has 0 aliphatic rings. The number of halogens is 2. The van der Waals surface area contributed by atoms with E-state index in [2.05, 4.69) is 5.32 Å². The van der Waals surface area contributed by atoms with E-state index in [9.17, 15) is 4.79 Å². The molecule has 0 fully saturated rings. The fourth-order valence-corrected chi connectivity index (χ4v) is 2.89. The minimum Gasteiger partial charge on any atom is -0.490 e. The van der Waals surface area contributed by atoms with Crippen LogP contribution in [0, 0.1) is 0 Å². The van der Waals surface area contributed by atoms with Crippen LogP contribution in [0.4, 0.5) is 5.69 Å². The second kappa shape index (κ2) is 9.31. The number of para-hydroxylation sites is 1. The Morgan fingerprint density at radius 2 is 1.33 bits per heavy atom. The molecule has 4 nitrogen and oxygen atoms in total. The number of carbonyl (C=O) groups excluding carboxylic acids is 1. The lowest BCUT2D eigenvalue weighted by atomic mass is 10.2. The van der Waals surface area contributed by atoms with Crippen LogP contribution < -0.4 is 14.8 Å². The summed E-state index contributed by atoms with van der Waals surface area (Å²) < 4.78 is 11.2. The lowest BCUT2D eigenvalue weighted by Gasteiger charge is -2.09. The summed E-state index contributed by atoms with van der Waals surface area (Å²) in [6.45, 7) is 0.837. The molecule has 27 heavy (non-hydrogen) atoms. The molecule has 3 aromatic carbocycles. The molecular weight excluding hydrogens is 385 g/mol. The molecule has 3 aromatic rings. The van der Waals surface area contributed by atoms with Gasteiger partial charge in [-0.1, -0.05) is 41.4 Å². The van der Waals surface area contributed by atoms with Crippen molar-refractivity contribution in [1.29, 1.82) is 0 Å². The van der Waals surface area contributed by atoms with E-state index in [4.69, 9.17) is 32.7 Å². The van der Waals surface area contributed by atoms with Gasteiger partial charge in [0.2, 0.25) is 0 Å². The minimum atomic E-state index is -0.257. The maximum atomic E-state index is 12.3. The number of rotatable bonds is 7. The predicted molar refractivity (Wildman–Crippen MR) is 108 cm³/mol. The molecule has 0 saturated carbocycles. The Morgan fingerprint density at radius 3 is 1.93 bits per heavy atom. The van der Waals surface area contributed by atoms with Gasteiger partial charge in [0.25, 0.3) is 5.91 Å². The Kier molecular flexibility index (Phi) is 6.58. The van der Waals surface area contributed by atoms with E-state index >= 15 is 0 Å². The van der Waals surface area contributed by atoms with Gasteiger partial charge in [0.1, 0.15) is 24.7 Å². The SMILES string of the molecule is O=C(Nc1cc(Cl)cc(Cl)c1)c1ccc(OCCOc2ccccc2)cc1. The highest BCUT2D eigenvalue weighted by Crippen LogP contribution is 2.23. The lowest BCUT2D eigenvalue weighted by Crippen LogP contribution is -2.12. The molecule has 0 aliphatic carbocycles. The van der Waals surface area contributed by atoms with Gasteiger partial charge in [-0.25, -0.2) is 0 Å². The van der Waals surface area contributed by atoms with Crippen molar-refractivity contribution in [2.24, 2.45) is 0 Å². The quantitative estimate of drug-likeness (QED) is 0.516. The number of hydrogen-bond acceptors (Lipinski definition) is 3. The molecule has 0 bridgehead atoms. The van der Waals surface area contributed by atoms with Crippen LogP contribution in [0.5, 0.6) is 11.5 Å². The number of nitrogens with one attached hydrogen (secondary N) is 1. The van der Waals surface area contributed by atoms with Gasteiger partial charge in [-0.15, -0.1) is 0 Å². The molecule has 3 rings (SSSR count). The van der Waals surface area contributed by atoms with Crippen molar-refractivity contribution >= 4 is 34.8 Å². The van der Waals surface area contributed by atoms with Crippen LogP contribution in [0.25, 0.3) is 0 Å². The molecule has 1 amide bonds. The fourth-order valence-electron chi connectivity index (χ4n) is 2.37. The van der Waals surface area contributed by atoms with Gasteiger partial charge >= 0.3 is 0 Å². The Morgan fingerprint density at radius 1 is 0.778 bits per heavy atom. The molecule has 0 aliphatic heterocycles. The van der Waals surface area contributed by atoms with Crippen LogP contribution in [0.2, 0.25) is 10.0 Å². The van der Waals surface area contributed by atoms with Gasteiger partial charge < -0.3 is 14.8 Å². The Labute approximate surface area is 167 Å². The van der Waals surface area contributed by atoms with Crippen molar-refractivity contribution in [2.45, 2.75) is 0 Å². The van der Waals surface area contributed by atoms with Crippen molar-refractivity contribution in [2.75, 3.05) is 18.5 Å². The Balaban J connectivity index is 1.49. The van der Waals surface area contributed by atoms with Crippen molar-refractivity contribution < 1.29 is 14.3 Å². The van der Waals surface area contributed by atoms with Crippen LogP contribution in [0.3, 0.4) is 0 Å². The monoisotopic (exact) mass is 401 g/mol. The standard InChI is InChI=1S/C21H17Cl2NO3/c22-16-12-17(23)14-18(13-16)24-21(25)15-6-8-20(9-7-15)27-11-10-26-19-4-2-1-3-5-19/h1-9,12-14H,10-11H2,(H,24,25). The van der Waals surface area contributed by atoms with Crippen LogP contribution >= 0.6 is 23.2 Å². The van der Waals surface area contributed by atoms with Crippen LogP contribution in [0.1, 0.15) is 10.4 Å². The Bertz CT molecular complexity index is 879. The first-order chi connectivity index (χ1) is 13.1. The highest BCUT2D eigenvalue weighted by Gasteiger charge is 2.08. The molecule has 0 atom stereocenters. The first-order valence-electron chi connectivity index (χ1n) is 8.28. The number of hydrogen-bond donors (Lipinski definition) is 1. The molecule has 138 valence electrons. The van der Waals surface area contributed by atoms with Gasteiger partial charge in [0.15, 0.2) is 0 Å². The summed E-state index contributed by atoms with van der Waals surface area (Å²) in [5.74, 6) is 1.20. The maximum absolute atomic E-state index is 12.3. The Hall–Kier alpha value is -2.69.